The summed E-state index contributed by atoms with van der Waals surface area (Å²) in [6.07, 6.45) is 1.56. The third-order valence-corrected chi connectivity index (χ3v) is 3.68. The minimum atomic E-state index is -1.05. The number of rotatable bonds is 1. The fourth-order valence-corrected chi connectivity index (χ4v) is 2.54. The van der Waals surface area contributed by atoms with Crippen molar-refractivity contribution in [1.82, 2.24) is 4.98 Å². The number of aryl methyl sites for hydroxylation is 2. The maximum Gasteiger partial charge on any atom is 0.337 e. The number of carbonyl (C=O) groups is 2. The lowest BCUT2D eigenvalue weighted by Gasteiger charge is -2.16. The van der Waals surface area contributed by atoms with Crippen LogP contribution in [-0.2, 0) is 4.79 Å². The van der Waals surface area contributed by atoms with E-state index in [2.05, 4.69) is 4.98 Å². The van der Waals surface area contributed by atoms with Crippen molar-refractivity contribution in [2.75, 3.05) is 0 Å². The number of pyridine rings is 1. The lowest BCUT2D eigenvalue weighted by atomic mass is 9.91. The molecule has 4 nitrogen and oxygen atoms in total. The van der Waals surface area contributed by atoms with Crippen LogP contribution in [0.5, 0.6) is 0 Å². The first-order valence-electron chi connectivity index (χ1n) is 6.37. The van der Waals surface area contributed by atoms with Gasteiger partial charge in [-0.25, -0.2) is 9.78 Å². The predicted octanol–water partition coefficient (Wildman–Crippen LogP) is 2.91. The van der Waals surface area contributed by atoms with Gasteiger partial charge in [-0.2, -0.15) is 0 Å². The van der Waals surface area contributed by atoms with Gasteiger partial charge in [-0.3, -0.25) is 4.79 Å². The molecule has 0 amide bonds. The Morgan fingerprint density at radius 2 is 1.95 bits per heavy atom. The molecule has 1 N–H and O–H groups in total. The normalized spacial score (nSPS) is 14.1. The second-order valence-electron chi connectivity index (χ2n) is 5.03. The Bertz CT molecular complexity index is 803. The topological polar surface area (TPSA) is 67.3 Å². The molecular formula is C16H13NO3. The van der Waals surface area contributed by atoms with Gasteiger partial charge in [0.1, 0.15) is 0 Å². The Morgan fingerprint density at radius 3 is 2.65 bits per heavy atom. The summed E-state index contributed by atoms with van der Waals surface area (Å²) < 4.78 is 0. The molecule has 0 saturated carbocycles. The van der Waals surface area contributed by atoms with Crippen LogP contribution in [0, 0.1) is 13.8 Å². The Balaban J connectivity index is 2.41. The smallest absolute Gasteiger partial charge is 0.337 e. The van der Waals surface area contributed by atoms with Crippen LogP contribution in [0.1, 0.15) is 33.6 Å². The molecule has 0 radical (unpaired) electrons. The van der Waals surface area contributed by atoms with Crippen LogP contribution in [0.15, 0.2) is 24.3 Å². The number of hydrogen-bond donors (Lipinski definition) is 1. The number of carboxylic acids is 1. The van der Waals surface area contributed by atoms with E-state index in [1.54, 1.807) is 6.07 Å². The molecule has 1 heterocycles. The van der Waals surface area contributed by atoms with Crippen molar-refractivity contribution in [2.24, 2.45) is 0 Å². The second-order valence-corrected chi connectivity index (χ2v) is 5.03. The molecule has 0 saturated heterocycles. The second kappa shape index (κ2) is 4.27. The van der Waals surface area contributed by atoms with Gasteiger partial charge in [0.15, 0.2) is 5.78 Å². The van der Waals surface area contributed by atoms with Crippen molar-refractivity contribution >= 4 is 28.2 Å². The van der Waals surface area contributed by atoms with Gasteiger partial charge in [-0.05, 0) is 31.0 Å². The van der Waals surface area contributed by atoms with Crippen molar-refractivity contribution in [3.8, 4) is 0 Å². The molecule has 1 aliphatic rings. The van der Waals surface area contributed by atoms with Crippen LogP contribution in [0.25, 0.3) is 16.5 Å². The molecule has 1 aliphatic carbocycles. The number of benzene rings is 1. The van der Waals surface area contributed by atoms with E-state index in [9.17, 15) is 14.7 Å². The molecule has 1 aromatic carbocycles. The quantitative estimate of drug-likeness (QED) is 0.862. The highest BCUT2D eigenvalue weighted by Gasteiger charge is 2.25. The number of hydrogen-bond acceptors (Lipinski definition) is 3. The van der Waals surface area contributed by atoms with Gasteiger partial charge in [0.2, 0.25) is 0 Å². The molecule has 100 valence electrons. The number of fused-ring (bicyclic) bond motifs is 2. The lowest BCUT2D eigenvalue weighted by molar-refractivity contribution is -0.130. The summed E-state index contributed by atoms with van der Waals surface area (Å²) in [4.78, 5) is 27.8. The standard InChI is InChI=1S/C16H13NO3/c1-8-3-4-9(2)14-11(8)7-12-13(18)6-5-10(16(19)20)15(12)17-14/h3-5,7H,6H2,1-2H3,(H,19,20). The number of Topliss-reactive ketones (excluding diaryl/α,β-unsaturated/α-hetero) is 1. The lowest BCUT2D eigenvalue weighted by Crippen LogP contribution is -2.15. The fraction of sp³-hybridized carbons (Fsp3) is 0.188. The average Bonchev–Trinajstić information content (AvgIpc) is 2.42. The summed E-state index contributed by atoms with van der Waals surface area (Å²) in [5, 5.41) is 10.2. The Labute approximate surface area is 115 Å². The van der Waals surface area contributed by atoms with E-state index in [1.165, 1.54) is 6.08 Å². The highest BCUT2D eigenvalue weighted by atomic mass is 16.4. The number of ketones is 1. The van der Waals surface area contributed by atoms with Crippen molar-refractivity contribution in [2.45, 2.75) is 20.3 Å². The van der Waals surface area contributed by atoms with Crippen molar-refractivity contribution in [3.05, 3.63) is 46.7 Å². The molecule has 1 aromatic heterocycles. The summed E-state index contributed by atoms with van der Waals surface area (Å²) in [6, 6.07) is 5.71. The third kappa shape index (κ3) is 1.72. The van der Waals surface area contributed by atoms with Crippen LogP contribution in [-0.4, -0.2) is 21.8 Å². The van der Waals surface area contributed by atoms with Crippen LogP contribution in [0.4, 0.5) is 0 Å². The van der Waals surface area contributed by atoms with E-state index < -0.39 is 5.97 Å². The van der Waals surface area contributed by atoms with Gasteiger partial charge < -0.3 is 5.11 Å². The van der Waals surface area contributed by atoms with Gasteiger partial charge in [0, 0.05) is 17.4 Å². The zero-order valence-corrected chi connectivity index (χ0v) is 11.2. The Hall–Kier alpha value is -2.49. The van der Waals surface area contributed by atoms with Crippen molar-refractivity contribution in [3.63, 3.8) is 0 Å². The van der Waals surface area contributed by atoms with Crippen LogP contribution >= 0.6 is 0 Å². The molecule has 4 heteroatoms. The van der Waals surface area contributed by atoms with Crippen molar-refractivity contribution in [1.29, 1.82) is 0 Å². The molecule has 0 atom stereocenters. The molecular weight excluding hydrogens is 254 g/mol. The number of allylic oxidation sites excluding steroid dienone is 1. The molecule has 2 aromatic rings. The number of aliphatic carboxylic acids is 1. The SMILES string of the molecule is Cc1ccc(C)c2nc3c(cc12)C(=O)CC=C3C(=O)O. The predicted molar refractivity (Wildman–Crippen MR) is 75.8 cm³/mol. The van der Waals surface area contributed by atoms with Gasteiger partial charge in [0.25, 0.3) is 0 Å². The number of carboxylic acid groups (broad SMARTS) is 1. The highest BCUT2D eigenvalue weighted by Crippen LogP contribution is 2.30. The van der Waals surface area contributed by atoms with Gasteiger partial charge in [-0.15, -0.1) is 0 Å². The zero-order chi connectivity index (χ0) is 14.4. The Kier molecular flexibility index (Phi) is 2.67. The minimum absolute atomic E-state index is 0.0830. The number of nitrogens with zero attached hydrogens (tertiary/aromatic N) is 1. The van der Waals surface area contributed by atoms with Crippen LogP contribution in [0.3, 0.4) is 0 Å². The van der Waals surface area contributed by atoms with Crippen molar-refractivity contribution < 1.29 is 14.7 Å². The largest absolute Gasteiger partial charge is 0.478 e. The molecule has 0 aliphatic heterocycles. The molecule has 0 fully saturated rings. The maximum absolute atomic E-state index is 12.0. The van der Waals surface area contributed by atoms with Gasteiger partial charge in [-0.1, -0.05) is 18.2 Å². The molecule has 3 rings (SSSR count). The summed E-state index contributed by atoms with van der Waals surface area (Å²) >= 11 is 0. The van der Waals surface area contributed by atoms with Gasteiger partial charge >= 0.3 is 5.97 Å². The first kappa shape index (κ1) is 12.5. The monoisotopic (exact) mass is 267 g/mol. The Morgan fingerprint density at radius 1 is 1.25 bits per heavy atom. The average molecular weight is 267 g/mol. The number of carbonyl (C=O) groups excluding carboxylic acids is 1. The summed E-state index contributed by atoms with van der Waals surface area (Å²) in [5.74, 6) is -1.13. The first-order chi connectivity index (χ1) is 9.49. The van der Waals surface area contributed by atoms with E-state index in [1.807, 2.05) is 26.0 Å². The van der Waals surface area contributed by atoms with E-state index in [4.69, 9.17) is 0 Å². The van der Waals surface area contributed by atoms with E-state index in [-0.39, 0.29) is 23.5 Å². The molecule has 20 heavy (non-hydrogen) atoms. The maximum atomic E-state index is 12.0. The molecule has 0 unspecified atom stereocenters. The van der Waals surface area contributed by atoms with Crippen LogP contribution < -0.4 is 0 Å². The van der Waals surface area contributed by atoms with Crippen LogP contribution in [0.2, 0.25) is 0 Å². The number of aromatic nitrogens is 1. The van der Waals surface area contributed by atoms with E-state index in [0.717, 1.165) is 22.0 Å². The summed E-state index contributed by atoms with van der Waals surface area (Å²) in [5.41, 5.74) is 3.56. The fourth-order valence-electron chi connectivity index (χ4n) is 2.54. The van der Waals surface area contributed by atoms with Gasteiger partial charge in [0.05, 0.1) is 16.8 Å². The molecule has 0 bridgehead atoms. The first-order valence-corrected chi connectivity index (χ1v) is 6.37. The summed E-state index contributed by atoms with van der Waals surface area (Å²) in [6.45, 7) is 3.88. The van der Waals surface area contributed by atoms with E-state index in [0.29, 0.717) is 5.56 Å². The molecule has 0 spiro atoms. The highest BCUT2D eigenvalue weighted by molar-refractivity contribution is 6.21. The minimum Gasteiger partial charge on any atom is -0.478 e. The van der Waals surface area contributed by atoms with E-state index >= 15 is 0 Å². The zero-order valence-electron chi connectivity index (χ0n) is 11.2. The summed E-state index contributed by atoms with van der Waals surface area (Å²) in [7, 11) is 0. The third-order valence-electron chi connectivity index (χ3n) is 3.68.